The monoisotopic (exact) mass is 392 g/mol. The van der Waals surface area contributed by atoms with Crippen LogP contribution < -0.4 is 0 Å². The third-order valence-electron chi connectivity index (χ3n) is 5.60. The molecule has 2 aromatic heterocycles. The van der Waals surface area contributed by atoms with Crippen molar-refractivity contribution in [3.63, 3.8) is 0 Å². The first-order valence-corrected chi connectivity index (χ1v) is 9.81. The van der Waals surface area contributed by atoms with E-state index >= 15 is 0 Å². The van der Waals surface area contributed by atoms with Crippen molar-refractivity contribution in [3.05, 3.63) is 64.1 Å². The van der Waals surface area contributed by atoms with E-state index in [4.69, 9.17) is 0 Å². The molecule has 3 heterocycles. The number of aromatic nitrogens is 3. The third-order valence-corrected chi connectivity index (χ3v) is 5.60. The molecule has 0 unspecified atom stereocenters. The van der Waals surface area contributed by atoms with Gasteiger partial charge in [-0.15, -0.1) is 0 Å². The molecule has 0 saturated carbocycles. The number of hydrogen-bond donors (Lipinski definition) is 1. The van der Waals surface area contributed by atoms with Crippen LogP contribution in [0.3, 0.4) is 0 Å². The minimum atomic E-state index is -0.936. The lowest BCUT2D eigenvalue weighted by atomic mass is 9.89. The van der Waals surface area contributed by atoms with E-state index in [1.807, 2.05) is 37.8 Å². The number of piperidine rings is 1. The molecule has 1 N–H and O–H groups in total. The number of nitrogens with zero attached hydrogens (tertiary/aromatic N) is 4. The highest BCUT2D eigenvalue weighted by atomic mass is 16.4. The van der Waals surface area contributed by atoms with E-state index in [1.54, 1.807) is 22.7 Å². The van der Waals surface area contributed by atoms with Gasteiger partial charge in [0.1, 0.15) is 5.56 Å². The number of rotatable bonds is 3. The number of amides is 1. The zero-order chi connectivity index (χ0) is 20.7. The summed E-state index contributed by atoms with van der Waals surface area (Å²) in [5.41, 5.74) is 4.86. The second kappa shape index (κ2) is 7.31. The number of aryl methyl sites for hydroxylation is 3. The molecule has 3 aromatic rings. The van der Waals surface area contributed by atoms with Crippen molar-refractivity contribution in [1.82, 2.24) is 19.5 Å². The standard InChI is InChI=1S/C22H24N4O3/c1-13-10-14(2)26-20(23-13)19(15(3)24-26)21(27)25-9-5-8-18(12-25)16-6-4-7-17(11-16)22(28)29/h4,6-7,10-11,18H,5,8-9,12H2,1-3H3,(H,28,29)/t18-/m0/s1. The van der Waals surface area contributed by atoms with Crippen molar-refractivity contribution >= 4 is 17.5 Å². The normalized spacial score (nSPS) is 16.9. The summed E-state index contributed by atoms with van der Waals surface area (Å²) in [6.45, 7) is 6.94. The Labute approximate surface area is 169 Å². The molecule has 1 saturated heterocycles. The zero-order valence-electron chi connectivity index (χ0n) is 16.8. The number of fused-ring (bicyclic) bond motifs is 1. The van der Waals surface area contributed by atoms with Gasteiger partial charge in [-0.1, -0.05) is 12.1 Å². The number of likely N-dealkylation sites (tertiary alicyclic amines) is 1. The molecule has 1 aliphatic heterocycles. The van der Waals surface area contributed by atoms with Gasteiger partial charge in [0.2, 0.25) is 0 Å². The van der Waals surface area contributed by atoms with Crippen LogP contribution in [-0.2, 0) is 0 Å². The van der Waals surface area contributed by atoms with Gasteiger partial charge >= 0.3 is 5.97 Å². The summed E-state index contributed by atoms with van der Waals surface area (Å²) in [6, 6.07) is 8.97. The smallest absolute Gasteiger partial charge is 0.335 e. The molecule has 0 radical (unpaired) electrons. The van der Waals surface area contributed by atoms with Gasteiger partial charge in [-0.05, 0) is 57.4 Å². The van der Waals surface area contributed by atoms with Crippen LogP contribution in [0.4, 0.5) is 0 Å². The van der Waals surface area contributed by atoms with Gasteiger partial charge in [-0.2, -0.15) is 5.10 Å². The Kier molecular flexibility index (Phi) is 4.82. The molecule has 7 nitrogen and oxygen atoms in total. The lowest BCUT2D eigenvalue weighted by Gasteiger charge is -2.33. The summed E-state index contributed by atoms with van der Waals surface area (Å²) in [7, 11) is 0. The van der Waals surface area contributed by atoms with Crippen LogP contribution in [0.5, 0.6) is 0 Å². The van der Waals surface area contributed by atoms with Gasteiger partial charge in [0, 0.05) is 30.4 Å². The predicted molar refractivity (Wildman–Crippen MR) is 108 cm³/mol. The number of aromatic carboxylic acids is 1. The first kappa shape index (κ1) is 19.1. The number of carbonyl (C=O) groups is 2. The Bertz CT molecular complexity index is 1120. The summed E-state index contributed by atoms with van der Waals surface area (Å²) in [5, 5.41) is 13.8. The molecule has 1 atom stereocenters. The van der Waals surface area contributed by atoms with E-state index in [2.05, 4.69) is 10.1 Å². The summed E-state index contributed by atoms with van der Waals surface area (Å²) in [4.78, 5) is 31.1. The summed E-state index contributed by atoms with van der Waals surface area (Å²) < 4.78 is 1.73. The molecule has 150 valence electrons. The van der Waals surface area contributed by atoms with Crippen LogP contribution in [-0.4, -0.2) is 49.6 Å². The minimum absolute atomic E-state index is 0.0610. The lowest BCUT2D eigenvalue weighted by molar-refractivity contribution is 0.0688. The highest BCUT2D eigenvalue weighted by molar-refractivity contribution is 6.01. The molecule has 1 fully saturated rings. The Morgan fingerprint density at radius 1 is 1.17 bits per heavy atom. The number of carboxylic acid groups (broad SMARTS) is 1. The number of benzene rings is 1. The molecule has 7 heteroatoms. The molecule has 0 aliphatic carbocycles. The highest BCUT2D eigenvalue weighted by Crippen LogP contribution is 2.29. The van der Waals surface area contributed by atoms with Gasteiger partial charge in [0.05, 0.1) is 11.3 Å². The zero-order valence-corrected chi connectivity index (χ0v) is 16.8. The minimum Gasteiger partial charge on any atom is -0.478 e. The fourth-order valence-corrected chi connectivity index (χ4v) is 4.19. The highest BCUT2D eigenvalue weighted by Gasteiger charge is 2.29. The summed E-state index contributed by atoms with van der Waals surface area (Å²) >= 11 is 0. The van der Waals surface area contributed by atoms with Gasteiger partial charge in [0.25, 0.3) is 5.91 Å². The van der Waals surface area contributed by atoms with Gasteiger partial charge < -0.3 is 10.0 Å². The molecule has 1 aliphatic rings. The lowest BCUT2D eigenvalue weighted by Crippen LogP contribution is -2.39. The maximum Gasteiger partial charge on any atom is 0.335 e. The number of carbonyl (C=O) groups excluding carboxylic acids is 1. The maximum absolute atomic E-state index is 13.4. The number of hydrogen-bond acceptors (Lipinski definition) is 4. The van der Waals surface area contributed by atoms with E-state index in [-0.39, 0.29) is 17.4 Å². The van der Waals surface area contributed by atoms with Crippen LogP contribution >= 0.6 is 0 Å². The average molecular weight is 392 g/mol. The average Bonchev–Trinajstić information content (AvgIpc) is 3.04. The van der Waals surface area contributed by atoms with Crippen molar-refractivity contribution < 1.29 is 14.7 Å². The molecule has 1 amide bonds. The summed E-state index contributed by atoms with van der Waals surface area (Å²) in [5.74, 6) is -0.881. The maximum atomic E-state index is 13.4. The molecular weight excluding hydrogens is 368 g/mol. The van der Waals surface area contributed by atoms with E-state index in [0.29, 0.717) is 30.0 Å². The largest absolute Gasteiger partial charge is 0.478 e. The quantitative estimate of drug-likeness (QED) is 0.738. The molecule has 29 heavy (non-hydrogen) atoms. The summed E-state index contributed by atoms with van der Waals surface area (Å²) in [6.07, 6.45) is 1.80. The van der Waals surface area contributed by atoms with Crippen LogP contribution in [0.15, 0.2) is 30.3 Å². The third kappa shape index (κ3) is 3.48. The van der Waals surface area contributed by atoms with Gasteiger partial charge in [-0.3, -0.25) is 4.79 Å². The Morgan fingerprint density at radius 3 is 2.72 bits per heavy atom. The first-order valence-electron chi connectivity index (χ1n) is 9.81. The first-order chi connectivity index (χ1) is 13.8. The van der Waals surface area contributed by atoms with Crippen LogP contribution in [0.1, 0.15) is 62.1 Å². The molecule has 0 bridgehead atoms. The second-order valence-electron chi connectivity index (χ2n) is 7.76. The van der Waals surface area contributed by atoms with Crippen molar-refractivity contribution in [2.75, 3.05) is 13.1 Å². The second-order valence-corrected chi connectivity index (χ2v) is 7.76. The topological polar surface area (TPSA) is 87.8 Å². The van der Waals surface area contributed by atoms with Crippen LogP contribution in [0.25, 0.3) is 5.65 Å². The Morgan fingerprint density at radius 2 is 1.97 bits per heavy atom. The van der Waals surface area contributed by atoms with E-state index in [1.165, 1.54) is 0 Å². The van der Waals surface area contributed by atoms with E-state index in [9.17, 15) is 14.7 Å². The van der Waals surface area contributed by atoms with Crippen LogP contribution in [0, 0.1) is 20.8 Å². The molecule has 4 rings (SSSR count). The molecule has 1 aromatic carbocycles. The van der Waals surface area contributed by atoms with Crippen molar-refractivity contribution in [1.29, 1.82) is 0 Å². The van der Waals surface area contributed by atoms with E-state index in [0.717, 1.165) is 29.8 Å². The van der Waals surface area contributed by atoms with Gasteiger partial charge in [-0.25, -0.2) is 14.3 Å². The molecule has 0 spiro atoms. The van der Waals surface area contributed by atoms with Crippen molar-refractivity contribution in [2.24, 2.45) is 0 Å². The fraction of sp³-hybridized carbons (Fsp3) is 0.364. The van der Waals surface area contributed by atoms with Gasteiger partial charge in [0.15, 0.2) is 5.65 Å². The van der Waals surface area contributed by atoms with Crippen molar-refractivity contribution in [2.45, 2.75) is 39.5 Å². The fourth-order valence-electron chi connectivity index (χ4n) is 4.19. The SMILES string of the molecule is Cc1cc(C)n2nc(C)c(C(=O)N3CCC[C@H](c4cccc(C(=O)O)c4)C3)c2n1. The van der Waals surface area contributed by atoms with E-state index < -0.39 is 5.97 Å². The van der Waals surface area contributed by atoms with Crippen LogP contribution in [0.2, 0.25) is 0 Å². The Balaban J connectivity index is 1.65. The number of carboxylic acids is 1. The molecular formula is C22H24N4O3. The Hall–Kier alpha value is -3.22. The van der Waals surface area contributed by atoms with Crippen molar-refractivity contribution in [3.8, 4) is 0 Å². The predicted octanol–water partition coefficient (Wildman–Crippen LogP) is 3.37.